The van der Waals surface area contributed by atoms with E-state index >= 15 is 0 Å². The highest BCUT2D eigenvalue weighted by Gasteiger charge is 2.30. The summed E-state index contributed by atoms with van der Waals surface area (Å²) in [5.41, 5.74) is 7.63. The number of anilines is 1. The van der Waals surface area contributed by atoms with Gasteiger partial charge < -0.3 is 25.6 Å². The van der Waals surface area contributed by atoms with Gasteiger partial charge in [0.05, 0.1) is 17.2 Å². The fourth-order valence-corrected chi connectivity index (χ4v) is 5.62. The van der Waals surface area contributed by atoms with Crippen LogP contribution in [-0.2, 0) is 4.79 Å². The first-order chi connectivity index (χ1) is 20.9. The van der Waals surface area contributed by atoms with Crippen molar-refractivity contribution >= 4 is 22.8 Å². The van der Waals surface area contributed by atoms with Gasteiger partial charge in [-0.3, -0.25) is 13.9 Å². The number of pyridine rings is 1. The number of nitrogens with zero attached hydrogens (tertiary/aromatic N) is 5. The summed E-state index contributed by atoms with van der Waals surface area (Å²) in [6, 6.07) is 19.9. The Bertz CT molecular complexity index is 1700. The number of carbonyl (C=O) groups excluding carboxylic acids is 1. The quantitative estimate of drug-likeness (QED) is 0.189. The molecule has 11 heteroatoms. The highest BCUT2D eigenvalue weighted by atomic mass is 16.5. The summed E-state index contributed by atoms with van der Waals surface area (Å²) in [6.45, 7) is 0.438. The number of nitriles is 1. The Kier molecular flexibility index (Phi) is 9.20. The van der Waals surface area contributed by atoms with E-state index in [0.29, 0.717) is 60.4 Å². The third kappa shape index (κ3) is 6.30. The van der Waals surface area contributed by atoms with Crippen LogP contribution in [0.4, 0.5) is 5.82 Å². The molecule has 0 radical (unpaired) electrons. The molecule has 43 heavy (non-hydrogen) atoms. The molecule has 1 atom stereocenters. The molecule has 1 fully saturated rings. The van der Waals surface area contributed by atoms with Gasteiger partial charge in [-0.2, -0.15) is 5.26 Å². The summed E-state index contributed by atoms with van der Waals surface area (Å²) in [4.78, 5) is 33.3. The minimum Gasteiger partial charge on any atom is -0.457 e. The predicted molar refractivity (Wildman–Crippen MR) is 162 cm³/mol. The number of rotatable bonds is 10. The average Bonchev–Trinajstić information content (AvgIpc) is 3.33. The molecular formula is C32H34N6O5. The molecule has 0 spiro atoms. The Morgan fingerprint density at radius 3 is 2.47 bits per heavy atom. The molecule has 11 nitrogen and oxygen atoms in total. The Labute approximate surface area is 248 Å². The van der Waals surface area contributed by atoms with Crippen LogP contribution in [0.15, 0.2) is 83.3 Å². The first-order valence-corrected chi connectivity index (χ1v) is 14.3. The number of allylic oxidation sites excluding steroid dienone is 1. The lowest BCUT2D eigenvalue weighted by Crippen LogP contribution is -2.43. The number of hydrogen-bond donors (Lipinski definition) is 3. The lowest BCUT2D eigenvalue weighted by molar-refractivity contribution is -0.128. The van der Waals surface area contributed by atoms with Crippen LogP contribution in [0, 0.1) is 17.2 Å². The molecule has 5 rings (SSSR count). The molecule has 1 amide bonds. The molecule has 3 heterocycles. The van der Waals surface area contributed by atoms with Crippen LogP contribution in [0.2, 0.25) is 0 Å². The SMILES string of the molecule is N#C/C(=C\C(CCO)CCO)C(=O)N1CCC[C@@H](n2c(=O)n(-c3ccc(Oc4ccccc4)cc3)c3c(N)nccc32)C1. The molecule has 2 aromatic carbocycles. The lowest BCUT2D eigenvalue weighted by Gasteiger charge is -2.33. The molecule has 0 saturated carbocycles. The van der Waals surface area contributed by atoms with Crippen LogP contribution < -0.4 is 16.2 Å². The number of hydrogen-bond acceptors (Lipinski definition) is 8. The van der Waals surface area contributed by atoms with Gasteiger partial charge in [0.2, 0.25) is 0 Å². The molecule has 1 saturated heterocycles. The number of aliphatic hydroxyl groups excluding tert-OH is 2. The Morgan fingerprint density at radius 1 is 1.09 bits per heavy atom. The zero-order chi connectivity index (χ0) is 30.3. The number of amides is 1. The topological polar surface area (TPSA) is 160 Å². The van der Waals surface area contributed by atoms with E-state index in [9.17, 15) is 25.1 Å². The summed E-state index contributed by atoms with van der Waals surface area (Å²) in [7, 11) is 0. The second-order valence-corrected chi connectivity index (χ2v) is 10.5. The van der Waals surface area contributed by atoms with Crippen LogP contribution in [0.25, 0.3) is 16.7 Å². The van der Waals surface area contributed by atoms with Crippen molar-refractivity contribution in [1.29, 1.82) is 5.26 Å². The molecule has 1 aliphatic heterocycles. The number of aliphatic hydroxyl groups is 2. The summed E-state index contributed by atoms with van der Waals surface area (Å²) in [5, 5.41) is 28.5. The van der Waals surface area contributed by atoms with Crippen molar-refractivity contribution in [3.05, 3.63) is 89.0 Å². The maximum absolute atomic E-state index is 14.1. The lowest BCUT2D eigenvalue weighted by atomic mass is 9.98. The summed E-state index contributed by atoms with van der Waals surface area (Å²) in [6.07, 6.45) is 5.05. The number of nitrogen functional groups attached to an aromatic ring is 1. The Balaban J connectivity index is 1.46. The highest BCUT2D eigenvalue weighted by Crippen LogP contribution is 2.30. The number of likely N-dealkylation sites (tertiary alicyclic amines) is 1. The third-order valence-corrected chi connectivity index (χ3v) is 7.69. The fourth-order valence-electron chi connectivity index (χ4n) is 5.62. The van der Waals surface area contributed by atoms with E-state index in [4.69, 9.17) is 10.5 Å². The zero-order valence-electron chi connectivity index (χ0n) is 23.7. The van der Waals surface area contributed by atoms with Crippen molar-refractivity contribution in [2.24, 2.45) is 5.92 Å². The fraction of sp³-hybridized carbons (Fsp3) is 0.312. The molecule has 4 N–H and O–H groups in total. The van der Waals surface area contributed by atoms with Gasteiger partial charge in [0, 0.05) is 32.5 Å². The number of benzene rings is 2. The Hall–Kier alpha value is -4.92. The van der Waals surface area contributed by atoms with Crippen molar-refractivity contribution in [1.82, 2.24) is 19.0 Å². The van der Waals surface area contributed by atoms with Gasteiger partial charge >= 0.3 is 5.69 Å². The summed E-state index contributed by atoms with van der Waals surface area (Å²) in [5.74, 6) is 0.784. The van der Waals surface area contributed by atoms with Gasteiger partial charge in [0.25, 0.3) is 5.91 Å². The highest BCUT2D eigenvalue weighted by molar-refractivity contribution is 5.97. The number of imidazole rings is 1. The molecule has 4 aromatic rings. The second kappa shape index (κ2) is 13.4. The Morgan fingerprint density at radius 2 is 1.79 bits per heavy atom. The van der Waals surface area contributed by atoms with E-state index < -0.39 is 5.91 Å². The van der Waals surface area contributed by atoms with Gasteiger partial charge in [-0.25, -0.2) is 9.78 Å². The van der Waals surface area contributed by atoms with E-state index in [-0.39, 0.29) is 48.8 Å². The average molecular weight is 583 g/mol. The zero-order valence-corrected chi connectivity index (χ0v) is 23.7. The van der Waals surface area contributed by atoms with Crippen LogP contribution in [0.5, 0.6) is 11.5 Å². The third-order valence-electron chi connectivity index (χ3n) is 7.69. The normalized spacial score (nSPS) is 15.5. The van der Waals surface area contributed by atoms with Gasteiger partial charge in [0.1, 0.15) is 34.5 Å². The van der Waals surface area contributed by atoms with E-state index in [2.05, 4.69) is 4.98 Å². The van der Waals surface area contributed by atoms with Gasteiger partial charge in [0.15, 0.2) is 0 Å². The number of piperidine rings is 1. The first kappa shape index (κ1) is 29.6. The van der Waals surface area contributed by atoms with Gasteiger partial charge in [-0.05, 0) is 74.1 Å². The van der Waals surface area contributed by atoms with Crippen LogP contribution >= 0.6 is 0 Å². The van der Waals surface area contributed by atoms with E-state index in [0.717, 1.165) is 0 Å². The van der Waals surface area contributed by atoms with Gasteiger partial charge in [-0.15, -0.1) is 0 Å². The smallest absolute Gasteiger partial charge is 0.334 e. The molecule has 1 aliphatic rings. The number of para-hydroxylation sites is 1. The van der Waals surface area contributed by atoms with Gasteiger partial charge in [-0.1, -0.05) is 24.3 Å². The minimum atomic E-state index is -0.431. The molecule has 0 bridgehead atoms. The van der Waals surface area contributed by atoms with E-state index in [1.54, 1.807) is 46.0 Å². The molecule has 222 valence electrons. The van der Waals surface area contributed by atoms with Crippen molar-refractivity contribution < 1.29 is 19.7 Å². The van der Waals surface area contributed by atoms with Crippen molar-refractivity contribution in [2.75, 3.05) is 32.0 Å². The van der Waals surface area contributed by atoms with Crippen LogP contribution in [0.3, 0.4) is 0 Å². The first-order valence-electron chi connectivity index (χ1n) is 14.3. The molecule has 0 aliphatic carbocycles. The largest absolute Gasteiger partial charge is 0.457 e. The summed E-state index contributed by atoms with van der Waals surface area (Å²) < 4.78 is 9.10. The van der Waals surface area contributed by atoms with E-state index in [1.807, 2.05) is 36.4 Å². The number of nitrogens with two attached hydrogens (primary N) is 1. The van der Waals surface area contributed by atoms with Crippen molar-refractivity contribution in [3.8, 4) is 23.3 Å². The van der Waals surface area contributed by atoms with Crippen LogP contribution in [0.1, 0.15) is 31.7 Å². The predicted octanol–water partition coefficient (Wildman–Crippen LogP) is 3.56. The number of aromatic nitrogens is 3. The van der Waals surface area contributed by atoms with Crippen molar-refractivity contribution in [3.63, 3.8) is 0 Å². The monoisotopic (exact) mass is 582 g/mol. The number of fused-ring (bicyclic) bond motifs is 1. The molecule has 2 aromatic heterocycles. The maximum atomic E-state index is 14.1. The van der Waals surface area contributed by atoms with Crippen LogP contribution in [-0.4, -0.2) is 61.4 Å². The molecule has 0 unspecified atom stereocenters. The minimum absolute atomic E-state index is 0.0337. The van der Waals surface area contributed by atoms with E-state index in [1.165, 1.54) is 10.6 Å². The van der Waals surface area contributed by atoms with Crippen molar-refractivity contribution in [2.45, 2.75) is 31.7 Å². The second-order valence-electron chi connectivity index (χ2n) is 10.5. The maximum Gasteiger partial charge on any atom is 0.334 e. The summed E-state index contributed by atoms with van der Waals surface area (Å²) >= 11 is 0. The number of carbonyl (C=O) groups is 1. The molecular weight excluding hydrogens is 548 g/mol. The standard InChI is InChI=1S/C32H34N6O5/c33-20-23(19-22(13-17-39)14-18-40)31(41)36-16-4-5-25(21-36)37-28-12-15-35-30(34)29(28)38(32(37)42)24-8-10-27(11-9-24)43-26-6-2-1-3-7-26/h1-3,6-12,15,19,22,25,39-40H,4-5,13-14,16-18,21H2,(H2,34,35)/b23-19+/t25-/m1/s1. The number of ether oxygens (including phenoxy) is 1.